The van der Waals surface area contributed by atoms with Crippen molar-refractivity contribution in [3.05, 3.63) is 29.6 Å². The van der Waals surface area contributed by atoms with Gasteiger partial charge in [-0.3, -0.25) is 4.98 Å². The highest BCUT2D eigenvalue weighted by Crippen LogP contribution is 2.35. The van der Waals surface area contributed by atoms with Crippen LogP contribution in [0.15, 0.2) is 18.5 Å². The maximum atomic E-state index is 6.38. The Labute approximate surface area is 98.3 Å². The van der Waals surface area contributed by atoms with Crippen molar-refractivity contribution in [2.45, 2.75) is 45.6 Å². The highest BCUT2D eigenvalue weighted by Gasteiger charge is 2.25. The molecule has 1 heterocycles. The minimum Gasteiger partial charge on any atom is -0.324 e. The van der Waals surface area contributed by atoms with E-state index in [4.69, 9.17) is 5.73 Å². The standard InChI is InChI=1S/C14H22N2/c1-10-3-5-12(6-4-10)14(15)13-9-16-8-7-11(13)2/h7-10,12,14H,3-6,15H2,1-2H3. The molecule has 1 saturated carbocycles. The molecule has 1 aliphatic carbocycles. The molecule has 2 nitrogen and oxygen atoms in total. The summed E-state index contributed by atoms with van der Waals surface area (Å²) < 4.78 is 0. The van der Waals surface area contributed by atoms with E-state index in [0.717, 1.165) is 5.92 Å². The predicted octanol–water partition coefficient (Wildman–Crippen LogP) is 3.22. The molecule has 0 spiro atoms. The number of aromatic nitrogens is 1. The van der Waals surface area contributed by atoms with E-state index in [-0.39, 0.29) is 6.04 Å². The minimum absolute atomic E-state index is 0.182. The lowest BCUT2D eigenvalue weighted by atomic mass is 9.77. The van der Waals surface area contributed by atoms with E-state index in [1.54, 1.807) is 0 Å². The Morgan fingerprint density at radius 2 is 2.00 bits per heavy atom. The number of aryl methyl sites for hydroxylation is 1. The van der Waals surface area contributed by atoms with E-state index in [9.17, 15) is 0 Å². The zero-order chi connectivity index (χ0) is 11.5. The van der Waals surface area contributed by atoms with Crippen LogP contribution in [0, 0.1) is 18.8 Å². The van der Waals surface area contributed by atoms with Gasteiger partial charge >= 0.3 is 0 Å². The number of nitrogens with zero attached hydrogens (tertiary/aromatic N) is 1. The number of hydrogen-bond donors (Lipinski definition) is 1. The summed E-state index contributed by atoms with van der Waals surface area (Å²) in [5.74, 6) is 1.54. The molecule has 1 unspecified atom stereocenters. The minimum atomic E-state index is 0.182. The summed E-state index contributed by atoms with van der Waals surface area (Å²) in [6, 6.07) is 2.24. The summed E-state index contributed by atoms with van der Waals surface area (Å²) in [7, 11) is 0. The topological polar surface area (TPSA) is 38.9 Å². The number of nitrogens with two attached hydrogens (primary N) is 1. The van der Waals surface area contributed by atoms with Crippen LogP contribution in [0.1, 0.15) is 49.8 Å². The lowest BCUT2D eigenvalue weighted by Gasteiger charge is -2.31. The summed E-state index contributed by atoms with van der Waals surface area (Å²) >= 11 is 0. The van der Waals surface area contributed by atoms with Crippen LogP contribution in [0.2, 0.25) is 0 Å². The van der Waals surface area contributed by atoms with Crippen molar-refractivity contribution in [1.82, 2.24) is 4.98 Å². The van der Waals surface area contributed by atoms with Crippen molar-refractivity contribution in [1.29, 1.82) is 0 Å². The smallest absolute Gasteiger partial charge is 0.0341 e. The van der Waals surface area contributed by atoms with E-state index in [1.807, 2.05) is 12.4 Å². The first-order chi connectivity index (χ1) is 7.68. The molecule has 0 saturated heterocycles. The van der Waals surface area contributed by atoms with Gasteiger partial charge in [0.05, 0.1) is 0 Å². The molecule has 0 amide bonds. The fourth-order valence-corrected chi connectivity index (χ4v) is 2.72. The highest BCUT2D eigenvalue weighted by molar-refractivity contribution is 5.25. The van der Waals surface area contributed by atoms with Crippen molar-refractivity contribution >= 4 is 0 Å². The third-order valence-corrected chi connectivity index (χ3v) is 4.01. The second-order valence-corrected chi connectivity index (χ2v) is 5.28. The molecule has 1 aromatic heterocycles. The molecular formula is C14H22N2. The van der Waals surface area contributed by atoms with Crippen LogP contribution in [-0.2, 0) is 0 Å². The monoisotopic (exact) mass is 218 g/mol. The highest BCUT2D eigenvalue weighted by atomic mass is 14.7. The van der Waals surface area contributed by atoms with Crippen molar-refractivity contribution < 1.29 is 0 Å². The quantitative estimate of drug-likeness (QED) is 0.827. The van der Waals surface area contributed by atoms with Gasteiger partial charge in [-0.2, -0.15) is 0 Å². The van der Waals surface area contributed by atoms with Gasteiger partial charge in [0.1, 0.15) is 0 Å². The summed E-state index contributed by atoms with van der Waals surface area (Å²) in [6.07, 6.45) is 9.00. The van der Waals surface area contributed by atoms with E-state index in [1.165, 1.54) is 36.8 Å². The molecule has 1 atom stereocenters. The fourth-order valence-electron chi connectivity index (χ4n) is 2.72. The van der Waals surface area contributed by atoms with Gasteiger partial charge in [0.25, 0.3) is 0 Å². The van der Waals surface area contributed by atoms with Crippen LogP contribution >= 0.6 is 0 Å². The van der Waals surface area contributed by atoms with Gasteiger partial charge in [-0.15, -0.1) is 0 Å². The van der Waals surface area contributed by atoms with Crippen LogP contribution in [0.3, 0.4) is 0 Å². The Balaban J connectivity index is 2.07. The first-order valence-corrected chi connectivity index (χ1v) is 6.34. The molecule has 1 fully saturated rings. The largest absolute Gasteiger partial charge is 0.324 e. The molecule has 2 rings (SSSR count). The van der Waals surface area contributed by atoms with Gasteiger partial charge in [0.2, 0.25) is 0 Å². The zero-order valence-electron chi connectivity index (χ0n) is 10.3. The fraction of sp³-hybridized carbons (Fsp3) is 0.643. The predicted molar refractivity (Wildman–Crippen MR) is 67.0 cm³/mol. The molecule has 2 N–H and O–H groups in total. The van der Waals surface area contributed by atoms with Crippen LogP contribution in [0.25, 0.3) is 0 Å². The molecular weight excluding hydrogens is 196 g/mol. The van der Waals surface area contributed by atoms with E-state index in [2.05, 4.69) is 24.9 Å². The van der Waals surface area contributed by atoms with Gasteiger partial charge in [-0.25, -0.2) is 0 Å². The molecule has 1 aromatic rings. The Kier molecular flexibility index (Phi) is 3.59. The Morgan fingerprint density at radius 1 is 1.31 bits per heavy atom. The first-order valence-electron chi connectivity index (χ1n) is 6.34. The first kappa shape index (κ1) is 11.6. The average Bonchev–Trinajstić information content (AvgIpc) is 2.30. The second kappa shape index (κ2) is 4.96. The normalized spacial score (nSPS) is 27.7. The Bertz CT molecular complexity index is 340. The van der Waals surface area contributed by atoms with E-state index >= 15 is 0 Å². The molecule has 16 heavy (non-hydrogen) atoms. The van der Waals surface area contributed by atoms with Crippen molar-refractivity contribution in [3.8, 4) is 0 Å². The van der Waals surface area contributed by atoms with Crippen molar-refractivity contribution in [3.63, 3.8) is 0 Å². The molecule has 88 valence electrons. The van der Waals surface area contributed by atoms with Crippen LogP contribution in [0.5, 0.6) is 0 Å². The third-order valence-electron chi connectivity index (χ3n) is 4.01. The molecule has 0 aromatic carbocycles. The Morgan fingerprint density at radius 3 is 2.62 bits per heavy atom. The summed E-state index contributed by atoms with van der Waals surface area (Å²) in [5.41, 5.74) is 8.89. The second-order valence-electron chi connectivity index (χ2n) is 5.28. The van der Waals surface area contributed by atoms with Gasteiger partial charge in [-0.05, 0) is 48.8 Å². The zero-order valence-corrected chi connectivity index (χ0v) is 10.3. The molecule has 0 bridgehead atoms. The lowest BCUT2D eigenvalue weighted by molar-refractivity contribution is 0.255. The number of pyridine rings is 1. The number of hydrogen-bond acceptors (Lipinski definition) is 2. The average molecular weight is 218 g/mol. The third kappa shape index (κ3) is 2.43. The van der Waals surface area contributed by atoms with Crippen LogP contribution in [0.4, 0.5) is 0 Å². The van der Waals surface area contributed by atoms with Crippen LogP contribution in [-0.4, -0.2) is 4.98 Å². The van der Waals surface area contributed by atoms with Gasteiger partial charge < -0.3 is 5.73 Å². The Hall–Kier alpha value is -0.890. The maximum absolute atomic E-state index is 6.38. The van der Waals surface area contributed by atoms with Gasteiger partial charge in [0.15, 0.2) is 0 Å². The number of rotatable bonds is 2. The maximum Gasteiger partial charge on any atom is 0.0341 e. The van der Waals surface area contributed by atoms with Crippen LogP contribution < -0.4 is 5.73 Å². The molecule has 1 aliphatic rings. The van der Waals surface area contributed by atoms with Gasteiger partial charge in [-0.1, -0.05) is 19.8 Å². The SMILES string of the molecule is Cc1ccncc1C(N)C1CCC(C)CC1. The lowest BCUT2D eigenvalue weighted by Crippen LogP contribution is -2.26. The van der Waals surface area contributed by atoms with Crippen molar-refractivity contribution in [2.75, 3.05) is 0 Å². The van der Waals surface area contributed by atoms with Gasteiger partial charge in [0, 0.05) is 18.4 Å². The van der Waals surface area contributed by atoms with E-state index in [0.29, 0.717) is 5.92 Å². The summed E-state index contributed by atoms with van der Waals surface area (Å²) in [5, 5.41) is 0. The molecule has 0 aliphatic heterocycles. The van der Waals surface area contributed by atoms with Crippen molar-refractivity contribution in [2.24, 2.45) is 17.6 Å². The van der Waals surface area contributed by atoms with E-state index < -0.39 is 0 Å². The molecule has 2 heteroatoms. The summed E-state index contributed by atoms with van der Waals surface area (Å²) in [4.78, 5) is 4.20. The summed E-state index contributed by atoms with van der Waals surface area (Å²) in [6.45, 7) is 4.47. The molecule has 0 radical (unpaired) electrons.